The van der Waals surface area contributed by atoms with Crippen LogP contribution >= 0.6 is 11.6 Å². The molecule has 5 heteroatoms. The van der Waals surface area contributed by atoms with E-state index in [1.165, 1.54) is 18.2 Å². The standard InChI is InChI=1S/C14H13ClF2N2/c15-12-3-1-2-11(14(12)17)13(19-18)8-9-4-6-10(16)7-5-9/h1-7,13,19H,8,18H2. The molecule has 0 saturated heterocycles. The summed E-state index contributed by atoms with van der Waals surface area (Å²) in [6, 6.07) is 10.3. The Morgan fingerprint density at radius 2 is 1.79 bits per heavy atom. The van der Waals surface area contributed by atoms with Crippen molar-refractivity contribution in [2.45, 2.75) is 12.5 Å². The van der Waals surface area contributed by atoms with E-state index in [1.807, 2.05) is 0 Å². The third-order valence-electron chi connectivity index (χ3n) is 2.91. The molecule has 1 unspecified atom stereocenters. The number of rotatable bonds is 4. The van der Waals surface area contributed by atoms with Crippen molar-refractivity contribution in [2.24, 2.45) is 5.84 Å². The fraction of sp³-hybridized carbons (Fsp3) is 0.143. The van der Waals surface area contributed by atoms with E-state index < -0.39 is 11.9 Å². The van der Waals surface area contributed by atoms with Gasteiger partial charge in [-0.2, -0.15) is 0 Å². The Bertz CT molecular complexity index is 558. The van der Waals surface area contributed by atoms with Gasteiger partial charge >= 0.3 is 0 Å². The molecular formula is C14H13ClF2N2. The minimum Gasteiger partial charge on any atom is -0.271 e. The van der Waals surface area contributed by atoms with Crippen molar-refractivity contribution in [2.75, 3.05) is 0 Å². The topological polar surface area (TPSA) is 38.0 Å². The Labute approximate surface area is 115 Å². The zero-order valence-corrected chi connectivity index (χ0v) is 10.8. The fourth-order valence-electron chi connectivity index (χ4n) is 1.90. The van der Waals surface area contributed by atoms with E-state index in [9.17, 15) is 8.78 Å². The molecule has 0 spiro atoms. The molecule has 0 aromatic heterocycles. The first kappa shape index (κ1) is 13.9. The monoisotopic (exact) mass is 282 g/mol. The summed E-state index contributed by atoms with van der Waals surface area (Å²) in [6.45, 7) is 0. The van der Waals surface area contributed by atoms with Crippen LogP contribution in [0.5, 0.6) is 0 Å². The maximum Gasteiger partial charge on any atom is 0.146 e. The van der Waals surface area contributed by atoms with Crippen LogP contribution in [0.15, 0.2) is 42.5 Å². The number of hydrazine groups is 1. The zero-order valence-electron chi connectivity index (χ0n) is 10.0. The number of benzene rings is 2. The van der Waals surface area contributed by atoms with Gasteiger partial charge in [0.2, 0.25) is 0 Å². The maximum absolute atomic E-state index is 13.9. The lowest BCUT2D eigenvalue weighted by Gasteiger charge is -2.17. The van der Waals surface area contributed by atoms with Crippen LogP contribution in [-0.2, 0) is 6.42 Å². The average molecular weight is 283 g/mol. The molecule has 2 aromatic rings. The van der Waals surface area contributed by atoms with E-state index in [-0.39, 0.29) is 10.8 Å². The summed E-state index contributed by atoms with van der Waals surface area (Å²) in [5.41, 5.74) is 3.80. The van der Waals surface area contributed by atoms with Gasteiger partial charge in [0.1, 0.15) is 11.6 Å². The summed E-state index contributed by atoms with van der Waals surface area (Å²) in [5.74, 6) is 4.67. The molecule has 0 radical (unpaired) electrons. The Kier molecular flexibility index (Phi) is 4.47. The molecule has 0 bridgehead atoms. The van der Waals surface area contributed by atoms with Crippen LogP contribution in [0.2, 0.25) is 5.02 Å². The van der Waals surface area contributed by atoms with Crippen molar-refractivity contribution < 1.29 is 8.78 Å². The molecule has 0 fully saturated rings. The molecule has 0 amide bonds. The van der Waals surface area contributed by atoms with Crippen LogP contribution in [0.3, 0.4) is 0 Å². The third kappa shape index (κ3) is 3.29. The Morgan fingerprint density at radius 1 is 1.11 bits per heavy atom. The van der Waals surface area contributed by atoms with Gasteiger partial charge in [0.05, 0.1) is 11.1 Å². The van der Waals surface area contributed by atoms with Crippen molar-refractivity contribution in [3.05, 3.63) is 70.2 Å². The second-order valence-electron chi connectivity index (χ2n) is 4.19. The third-order valence-corrected chi connectivity index (χ3v) is 3.20. The highest BCUT2D eigenvalue weighted by atomic mass is 35.5. The van der Waals surface area contributed by atoms with E-state index in [0.717, 1.165) is 5.56 Å². The van der Waals surface area contributed by atoms with Crippen molar-refractivity contribution in [1.29, 1.82) is 0 Å². The number of nitrogens with one attached hydrogen (secondary N) is 1. The predicted octanol–water partition coefficient (Wildman–Crippen LogP) is 3.37. The largest absolute Gasteiger partial charge is 0.271 e. The van der Waals surface area contributed by atoms with Crippen molar-refractivity contribution in [3.63, 3.8) is 0 Å². The molecule has 0 aliphatic rings. The summed E-state index contributed by atoms with van der Waals surface area (Å²) in [4.78, 5) is 0. The van der Waals surface area contributed by atoms with E-state index in [1.54, 1.807) is 24.3 Å². The van der Waals surface area contributed by atoms with Crippen LogP contribution < -0.4 is 11.3 Å². The summed E-state index contributed by atoms with van der Waals surface area (Å²) in [6.07, 6.45) is 0.439. The number of hydrogen-bond acceptors (Lipinski definition) is 2. The van der Waals surface area contributed by atoms with Crippen molar-refractivity contribution >= 4 is 11.6 Å². The van der Waals surface area contributed by atoms with Gasteiger partial charge in [-0.1, -0.05) is 35.9 Å². The maximum atomic E-state index is 13.9. The molecule has 19 heavy (non-hydrogen) atoms. The molecule has 0 aliphatic carbocycles. The Morgan fingerprint density at radius 3 is 2.42 bits per heavy atom. The van der Waals surface area contributed by atoms with Gasteiger partial charge in [0.15, 0.2) is 0 Å². The number of hydrogen-bond donors (Lipinski definition) is 2. The minimum absolute atomic E-state index is 0.0526. The number of halogens is 3. The SMILES string of the molecule is NNC(Cc1ccc(F)cc1)c1cccc(Cl)c1F. The molecule has 0 saturated carbocycles. The van der Waals surface area contributed by atoms with E-state index >= 15 is 0 Å². The Balaban J connectivity index is 2.25. The number of nitrogens with two attached hydrogens (primary N) is 1. The first-order chi connectivity index (χ1) is 9.11. The van der Waals surface area contributed by atoms with Gasteiger partial charge in [0.25, 0.3) is 0 Å². The molecular weight excluding hydrogens is 270 g/mol. The Hall–Kier alpha value is -1.49. The summed E-state index contributed by atoms with van der Waals surface area (Å²) in [5, 5.41) is 0.0526. The minimum atomic E-state index is -0.491. The lowest BCUT2D eigenvalue weighted by atomic mass is 9.99. The molecule has 2 aromatic carbocycles. The first-order valence-electron chi connectivity index (χ1n) is 5.76. The lowest BCUT2D eigenvalue weighted by molar-refractivity contribution is 0.510. The lowest BCUT2D eigenvalue weighted by Crippen LogP contribution is -2.30. The van der Waals surface area contributed by atoms with Crippen LogP contribution in [0.4, 0.5) is 8.78 Å². The van der Waals surface area contributed by atoms with Crippen LogP contribution in [0.1, 0.15) is 17.2 Å². The van der Waals surface area contributed by atoms with Gasteiger partial charge < -0.3 is 0 Å². The quantitative estimate of drug-likeness (QED) is 0.666. The van der Waals surface area contributed by atoms with Gasteiger partial charge in [-0.05, 0) is 30.2 Å². The van der Waals surface area contributed by atoms with Gasteiger partial charge in [0, 0.05) is 5.56 Å². The second-order valence-corrected chi connectivity index (χ2v) is 4.60. The second kappa shape index (κ2) is 6.10. The van der Waals surface area contributed by atoms with Crippen LogP contribution in [0.25, 0.3) is 0 Å². The molecule has 100 valence electrons. The van der Waals surface area contributed by atoms with Gasteiger partial charge in [-0.25, -0.2) is 8.78 Å². The van der Waals surface area contributed by atoms with Crippen LogP contribution in [-0.4, -0.2) is 0 Å². The summed E-state index contributed by atoms with van der Waals surface area (Å²) in [7, 11) is 0. The fourth-order valence-corrected chi connectivity index (χ4v) is 2.09. The molecule has 3 N–H and O–H groups in total. The van der Waals surface area contributed by atoms with Crippen molar-refractivity contribution in [3.8, 4) is 0 Å². The smallest absolute Gasteiger partial charge is 0.146 e. The zero-order chi connectivity index (χ0) is 13.8. The highest BCUT2D eigenvalue weighted by Crippen LogP contribution is 2.25. The molecule has 0 heterocycles. The highest BCUT2D eigenvalue weighted by molar-refractivity contribution is 6.30. The molecule has 0 aliphatic heterocycles. The molecule has 2 rings (SSSR count). The molecule has 2 nitrogen and oxygen atoms in total. The molecule has 1 atom stereocenters. The van der Waals surface area contributed by atoms with Crippen LogP contribution in [0, 0.1) is 11.6 Å². The van der Waals surface area contributed by atoms with E-state index in [4.69, 9.17) is 17.4 Å². The van der Waals surface area contributed by atoms with E-state index in [2.05, 4.69) is 5.43 Å². The normalized spacial score (nSPS) is 12.4. The highest BCUT2D eigenvalue weighted by Gasteiger charge is 2.16. The first-order valence-corrected chi connectivity index (χ1v) is 6.14. The van der Waals surface area contributed by atoms with Crippen molar-refractivity contribution in [1.82, 2.24) is 5.43 Å². The van der Waals surface area contributed by atoms with Gasteiger partial charge in [-0.15, -0.1) is 0 Å². The summed E-state index contributed by atoms with van der Waals surface area (Å²) < 4.78 is 26.7. The van der Waals surface area contributed by atoms with Gasteiger partial charge in [-0.3, -0.25) is 11.3 Å². The van der Waals surface area contributed by atoms with E-state index in [0.29, 0.717) is 12.0 Å². The average Bonchev–Trinajstić information content (AvgIpc) is 2.42. The predicted molar refractivity (Wildman–Crippen MR) is 71.6 cm³/mol. The summed E-state index contributed by atoms with van der Waals surface area (Å²) >= 11 is 5.75.